The minimum absolute atomic E-state index is 0.0638. The zero-order valence-corrected chi connectivity index (χ0v) is 16.7. The van der Waals surface area contributed by atoms with Crippen molar-refractivity contribution in [2.75, 3.05) is 0 Å². The lowest BCUT2D eigenvalue weighted by atomic mass is 9.90. The van der Waals surface area contributed by atoms with Gasteiger partial charge in [-0.1, -0.05) is 42.5 Å². The van der Waals surface area contributed by atoms with Crippen molar-refractivity contribution < 1.29 is 34.4 Å². The molecule has 0 aromatic heterocycles. The van der Waals surface area contributed by atoms with Crippen LogP contribution in [0.4, 0.5) is 0 Å². The minimum atomic E-state index is -1.05. The standard InChI is InChI=1S/C23H28O7/c24-18(23-29-14-15-7-5-6-9-21(15)30-23)12-11-17-16(19(25)13-20(17)26)8-3-1-2-4-10-22(27)28/h1,3,5-7,9,11-12,16-19,23-25H,2,4,8,10,13-14H2,(H,27,28)/b3-1-,12-11+/t16-,17-,18-,19+,23?/m1/s1. The molecule has 1 aromatic rings. The molecular formula is C23H28O7. The van der Waals surface area contributed by atoms with Crippen molar-refractivity contribution in [1.82, 2.24) is 0 Å². The third-order valence-electron chi connectivity index (χ3n) is 5.49. The van der Waals surface area contributed by atoms with Gasteiger partial charge in [0.05, 0.1) is 12.7 Å². The SMILES string of the molecule is O=C(O)CCC/C=C\C[C@H]1[C@@H](O)CC(=O)[C@@H]1/C=C/[C@@H](O)C1OCc2ccccc2O1. The Hall–Kier alpha value is -2.48. The van der Waals surface area contributed by atoms with E-state index in [1.807, 2.05) is 36.4 Å². The molecular weight excluding hydrogens is 388 g/mol. The Morgan fingerprint density at radius 2 is 2.07 bits per heavy atom. The average molecular weight is 416 g/mol. The Morgan fingerprint density at radius 1 is 1.27 bits per heavy atom. The molecule has 1 heterocycles. The number of aliphatic hydroxyl groups excluding tert-OH is 2. The van der Waals surface area contributed by atoms with Crippen molar-refractivity contribution in [3.8, 4) is 5.75 Å². The summed E-state index contributed by atoms with van der Waals surface area (Å²) < 4.78 is 11.3. The van der Waals surface area contributed by atoms with Crippen LogP contribution in [-0.2, 0) is 20.9 Å². The highest BCUT2D eigenvalue weighted by Gasteiger charge is 2.39. The molecule has 1 saturated carbocycles. The number of aliphatic hydroxyl groups is 2. The van der Waals surface area contributed by atoms with Gasteiger partial charge in [0.15, 0.2) is 0 Å². The van der Waals surface area contributed by atoms with Gasteiger partial charge in [-0.3, -0.25) is 9.59 Å². The average Bonchev–Trinajstić information content (AvgIpc) is 3.00. The van der Waals surface area contributed by atoms with Gasteiger partial charge in [-0.05, 0) is 25.3 Å². The number of benzene rings is 1. The molecule has 0 radical (unpaired) electrons. The van der Waals surface area contributed by atoms with Crippen molar-refractivity contribution in [3.05, 3.63) is 54.1 Å². The molecule has 7 nitrogen and oxygen atoms in total. The zero-order chi connectivity index (χ0) is 21.5. The lowest BCUT2D eigenvalue weighted by Gasteiger charge is -2.28. The molecule has 1 aliphatic carbocycles. The Morgan fingerprint density at radius 3 is 2.87 bits per heavy atom. The van der Waals surface area contributed by atoms with Gasteiger partial charge in [0.2, 0.25) is 6.29 Å². The van der Waals surface area contributed by atoms with Crippen molar-refractivity contribution in [2.45, 2.75) is 57.2 Å². The summed E-state index contributed by atoms with van der Waals surface area (Å²) >= 11 is 0. The molecule has 1 fully saturated rings. The molecule has 1 unspecified atom stereocenters. The Kier molecular flexibility index (Phi) is 7.79. The molecule has 1 aromatic carbocycles. The number of hydrogen-bond acceptors (Lipinski definition) is 6. The molecule has 30 heavy (non-hydrogen) atoms. The van der Waals surface area contributed by atoms with E-state index in [4.69, 9.17) is 14.6 Å². The van der Waals surface area contributed by atoms with Crippen LogP contribution in [0.3, 0.4) is 0 Å². The van der Waals surface area contributed by atoms with E-state index in [1.54, 1.807) is 6.08 Å². The molecule has 162 valence electrons. The molecule has 0 amide bonds. The molecule has 0 spiro atoms. The van der Waals surface area contributed by atoms with Gasteiger partial charge in [-0.2, -0.15) is 0 Å². The number of para-hydroxylation sites is 1. The van der Waals surface area contributed by atoms with E-state index in [1.165, 1.54) is 6.08 Å². The minimum Gasteiger partial charge on any atom is -0.481 e. The van der Waals surface area contributed by atoms with E-state index in [0.29, 0.717) is 31.6 Å². The van der Waals surface area contributed by atoms with Crippen LogP contribution in [0.1, 0.15) is 37.7 Å². The summed E-state index contributed by atoms with van der Waals surface area (Å²) in [5, 5.41) is 29.3. The van der Waals surface area contributed by atoms with Gasteiger partial charge in [0.1, 0.15) is 17.6 Å². The quantitative estimate of drug-likeness (QED) is 0.419. The van der Waals surface area contributed by atoms with E-state index in [0.717, 1.165) is 5.56 Å². The lowest BCUT2D eigenvalue weighted by molar-refractivity contribution is -0.152. The lowest BCUT2D eigenvalue weighted by Crippen LogP contribution is -2.36. The van der Waals surface area contributed by atoms with Gasteiger partial charge >= 0.3 is 5.97 Å². The highest BCUT2D eigenvalue weighted by atomic mass is 16.7. The van der Waals surface area contributed by atoms with Crippen LogP contribution in [0, 0.1) is 11.8 Å². The smallest absolute Gasteiger partial charge is 0.303 e. The fraction of sp³-hybridized carbons (Fsp3) is 0.478. The maximum absolute atomic E-state index is 12.3. The summed E-state index contributed by atoms with van der Waals surface area (Å²) in [5.41, 5.74) is 0.911. The Balaban J connectivity index is 1.55. The van der Waals surface area contributed by atoms with Crippen LogP contribution >= 0.6 is 0 Å². The number of aliphatic carboxylic acids is 1. The van der Waals surface area contributed by atoms with E-state index in [2.05, 4.69) is 0 Å². The van der Waals surface area contributed by atoms with Crippen LogP contribution in [0.15, 0.2) is 48.6 Å². The third kappa shape index (κ3) is 5.78. The second kappa shape index (κ2) is 10.5. The number of carboxylic acids is 1. The number of unbranched alkanes of at least 4 members (excludes halogenated alkanes) is 1. The van der Waals surface area contributed by atoms with Gasteiger partial charge in [0.25, 0.3) is 0 Å². The summed E-state index contributed by atoms with van der Waals surface area (Å²) in [6, 6.07) is 7.45. The second-order valence-corrected chi connectivity index (χ2v) is 7.70. The molecule has 0 saturated heterocycles. The molecule has 3 rings (SSSR count). The number of rotatable bonds is 9. The van der Waals surface area contributed by atoms with E-state index in [-0.39, 0.29) is 24.5 Å². The first-order chi connectivity index (χ1) is 14.5. The molecule has 3 N–H and O–H groups in total. The molecule has 0 bridgehead atoms. The van der Waals surface area contributed by atoms with Crippen molar-refractivity contribution in [2.24, 2.45) is 11.8 Å². The summed E-state index contributed by atoms with van der Waals surface area (Å²) in [4.78, 5) is 22.8. The maximum atomic E-state index is 12.3. The van der Waals surface area contributed by atoms with Crippen LogP contribution < -0.4 is 4.74 Å². The topological polar surface area (TPSA) is 113 Å². The predicted octanol–water partition coefficient (Wildman–Crippen LogP) is 2.61. The number of carbonyl (C=O) groups is 2. The molecule has 1 aliphatic heterocycles. The largest absolute Gasteiger partial charge is 0.481 e. The monoisotopic (exact) mass is 416 g/mol. The number of Topliss-reactive ketones (excluding diaryl/α,β-unsaturated/α-hetero) is 1. The van der Waals surface area contributed by atoms with Crippen LogP contribution in [-0.4, -0.2) is 45.6 Å². The molecule has 5 atom stereocenters. The predicted molar refractivity (Wildman–Crippen MR) is 109 cm³/mol. The Labute approximate surface area is 175 Å². The van der Waals surface area contributed by atoms with Crippen LogP contribution in [0.25, 0.3) is 0 Å². The number of carboxylic acid groups (broad SMARTS) is 1. The van der Waals surface area contributed by atoms with Crippen molar-refractivity contribution in [3.63, 3.8) is 0 Å². The van der Waals surface area contributed by atoms with Gasteiger partial charge in [-0.15, -0.1) is 0 Å². The zero-order valence-electron chi connectivity index (χ0n) is 16.7. The third-order valence-corrected chi connectivity index (χ3v) is 5.49. The number of ketones is 1. The molecule has 2 aliphatic rings. The summed E-state index contributed by atoms with van der Waals surface area (Å²) in [5.74, 6) is -0.983. The Bertz CT molecular complexity index is 800. The second-order valence-electron chi connectivity index (χ2n) is 7.70. The van der Waals surface area contributed by atoms with E-state index < -0.39 is 30.4 Å². The van der Waals surface area contributed by atoms with Gasteiger partial charge in [-0.25, -0.2) is 0 Å². The number of hydrogen-bond donors (Lipinski definition) is 3. The van der Waals surface area contributed by atoms with Crippen LogP contribution in [0.5, 0.6) is 5.75 Å². The summed E-state index contributed by atoms with van der Waals surface area (Å²) in [6.45, 7) is 0.335. The summed E-state index contributed by atoms with van der Waals surface area (Å²) in [6.07, 6.45) is 6.18. The fourth-order valence-corrected chi connectivity index (χ4v) is 3.83. The first-order valence-electron chi connectivity index (χ1n) is 10.3. The van der Waals surface area contributed by atoms with Crippen LogP contribution in [0.2, 0.25) is 0 Å². The maximum Gasteiger partial charge on any atom is 0.303 e. The fourth-order valence-electron chi connectivity index (χ4n) is 3.83. The molecule has 7 heteroatoms. The highest BCUT2D eigenvalue weighted by molar-refractivity contribution is 5.86. The van der Waals surface area contributed by atoms with E-state index >= 15 is 0 Å². The number of carbonyl (C=O) groups excluding carboxylic acids is 1. The number of ether oxygens (including phenoxy) is 2. The number of fused-ring (bicyclic) bond motifs is 1. The van der Waals surface area contributed by atoms with Crippen molar-refractivity contribution >= 4 is 11.8 Å². The van der Waals surface area contributed by atoms with Gasteiger partial charge in [0, 0.05) is 30.2 Å². The van der Waals surface area contributed by atoms with E-state index in [9.17, 15) is 19.8 Å². The summed E-state index contributed by atoms with van der Waals surface area (Å²) in [7, 11) is 0. The highest BCUT2D eigenvalue weighted by Crippen LogP contribution is 2.34. The first kappa shape index (κ1) is 22.2. The number of allylic oxidation sites excluding steroid dienone is 3. The van der Waals surface area contributed by atoms with Gasteiger partial charge < -0.3 is 24.8 Å². The first-order valence-corrected chi connectivity index (χ1v) is 10.3. The normalized spacial score (nSPS) is 27.3. The van der Waals surface area contributed by atoms with Crippen molar-refractivity contribution in [1.29, 1.82) is 0 Å².